The quantitative estimate of drug-likeness (QED) is 0.145. The normalized spacial score (nSPS) is 15.2. The lowest BCUT2D eigenvalue weighted by atomic mass is 10.1. The van der Waals surface area contributed by atoms with Crippen LogP contribution in [0, 0.1) is 0 Å². The van der Waals surface area contributed by atoms with Gasteiger partial charge < -0.3 is 20.1 Å². The number of aliphatic imine (C=N–C) groups is 1. The molecule has 26 heavy (non-hydrogen) atoms. The van der Waals surface area contributed by atoms with E-state index in [2.05, 4.69) is 27.4 Å². The highest BCUT2D eigenvalue weighted by Gasteiger charge is 2.09. The molecule has 0 saturated carbocycles. The Morgan fingerprint density at radius 3 is 2.54 bits per heavy atom. The van der Waals surface area contributed by atoms with E-state index in [0.29, 0.717) is 13.0 Å². The zero-order chi connectivity index (χ0) is 18.2. The summed E-state index contributed by atoms with van der Waals surface area (Å²) >= 11 is 0. The van der Waals surface area contributed by atoms with E-state index in [1.54, 1.807) is 0 Å². The highest BCUT2D eigenvalue weighted by atomic mass is 127. The Kier molecular flexibility index (Phi) is 17.4. The third-order valence-corrected chi connectivity index (χ3v) is 4.03. The van der Waals surface area contributed by atoms with Crippen LogP contribution in [0.5, 0.6) is 0 Å². The number of morpholine rings is 1. The number of unbranched alkanes of at least 4 members (excludes halogenated alkanes) is 3. The second-order valence-corrected chi connectivity index (χ2v) is 6.11. The zero-order valence-corrected chi connectivity index (χ0v) is 18.8. The van der Waals surface area contributed by atoms with Gasteiger partial charge in [0.05, 0.1) is 19.8 Å². The number of guanidine groups is 1. The third-order valence-electron chi connectivity index (χ3n) is 4.03. The summed E-state index contributed by atoms with van der Waals surface area (Å²) in [5, 5.41) is 6.68. The fourth-order valence-electron chi connectivity index (χ4n) is 2.66. The average molecular weight is 484 g/mol. The predicted molar refractivity (Wildman–Crippen MR) is 116 cm³/mol. The molecule has 1 rings (SSSR count). The molecule has 0 aromatic heterocycles. The molecule has 1 fully saturated rings. The van der Waals surface area contributed by atoms with Crippen molar-refractivity contribution in [3.8, 4) is 0 Å². The Labute approximate surface area is 175 Å². The predicted octanol–water partition coefficient (Wildman–Crippen LogP) is 2.01. The molecular formula is C18H37IN4O3. The molecule has 1 heterocycles. The van der Waals surface area contributed by atoms with Crippen LogP contribution in [0.3, 0.4) is 0 Å². The van der Waals surface area contributed by atoms with Crippen LogP contribution in [-0.2, 0) is 14.3 Å². The molecule has 0 spiro atoms. The van der Waals surface area contributed by atoms with Gasteiger partial charge in [-0.05, 0) is 26.7 Å². The molecule has 1 aliphatic rings. The summed E-state index contributed by atoms with van der Waals surface area (Å²) in [5.74, 6) is 0.807. The van der Waals surface area contributed by atoms with E-state index >= 15 is 0 Å². The summed E-state index contributed by atoms with van der Waals surface area (Å²) in [6.07, 6.45) is 4.62. The minimum Gasteiger partial charge on any atom is -0.466 e. The first kappa shape index (κ1) is 25.4. The van der Waals surface area contributed by atoms with Crippen LogP contribution in [0.2, 0.25) is 0 Å². The van der Waals surface area contributed by atoms with E-state index in [1.165, 1.54) is 0 Å². The lowest BCUT2D eigenvalue weighted by Gasteiger charge is -2.26. The van der Waals surface area contributed by atoms with Crippen LogP contribution in [0.15, 0.2) is 4.99 Å². The molecule has 0 bridgehead atoms. The number of halogens is 1. The highest BCUT2D eigenvalue weighted by Crippen LogP contribution is 2.04. The van der Waals surface area contributed by atoms with Crippen molar-refractivity contribution in [2.45, 2.75) is 46.0 Å². The Bertz CT molecular complexity index is 377. The maximum atomic E-state index is 11.2. The number of rotatable bonds is 12. The van der Waals surface area contributed by atoms with Gasteiger partial charge in [-0.25, -0.2) is 0 Å². The largest absolute Gasteiger partial charge is 0.466 e. The Hall–Kier alpha value is -0.610. The summed E-state index contributed by atoms with van der Waals surface area (Å²) in [5.41, 5.74) is 0. The van der Waals surface area contributed by atoms with E-state index in [4.69, 9.17) is 9.47 Å². The van der Waals surface area contributed by atoms with Gasteiger partial charge in [-0.1, -0.05) is 12.8 Å². The molecule has 0 amide bonds. The first-order chi connectivity index (χ1) is 12.3. The molecule has 1 saturated heterocycles. The van der Waals surface area contributed by atoms with E-state index in [-0.39, 0.29) is 29.9 Å². The van der Waals surface area contributed by atoms with Crippen molar-refractivity contribution in [3.05, 3.63) is 0 Å². The number of hydrogen-bond acceptors (Lipinski definition) is 5. The fraction of sp³-hybridized carbons (Fsp3) is 0.889. The van der Waals surface area contributed by atoms with Crippen LogP contribution < -0.4 is 10.6 Å². The number of carbonyl (C=O) groups is 1. The fourth-order valence-corrected chi connectivity index (χ4v) is 2.66. The van der Waals surface area contributed by atoms with E-state index in [0.717, 1.165) is 84.1 Å². The van der Waals surface area contributed by atoms with Gasteiger partial charge >= 0.3 is 5.97 Å². The topological polar surface area (TPSA) is 75.2 Å². The molecule has 0 atom stereocenters. The van der Waals surface area contributed by atoms with Crippen LogP contribution in [0.25, 0.3) is 0 Å². The van der Waals surface area contributed by atoms with Gasteiger partial charge in [-0.15, -0.1) is 24.0 Å². The number of esters is 1. The monoisotopic (exact) mass is 484 g/mol. The van der Waals surface area contributed by atoms with Gasteiger partial charge in [0.25, 0.3) is 0 Å². The van der Waals surface area contributed by atoms with Gasteiger partial charge in [0.1, 0.15) is 0 Å². The standard InChI is InChI=1S/C18H36N4O3.HI/c1-3-19-18(21-11-12-22-13-15-24-16-14-22)20-10-8-6-5-7-9-17(23)25-4-2;/h3-16H2,1-2H3,(H2,19,20,21);1H. The SMILES string of the molecule is CCNC(=NCCCCCCC(=O)OCC)NCCN1CCOCC1.I. The maximum absolute atomic E-state index is 11.2. The Morgan fingerprint density at radius 2 is 1.85 bits per heavy atom. The maximum Gasteiger partial charge on any atom is 0.305 e. The van der Waals surface area contributed by atoms with Crippen LogP contribution >= 0.6 is 24.0 Å². The average Bonchev–Trinajstić information content (AvgIpc) is 2.62. The van der Waals surface area contributed by atoms with Gasteiger partial charge in [0, 0.05) is 45.7 Å². The van der Waals surface area contributed by atoms with Crippen molar-refractivity contribution in [2.75, 3.05) is 59.1 Å². The molecule has 1 aliphatic heterocycles. The van der Waals surface area contributed by atoms with Crippen molar-refractivity contribution >= 4 is 35.9 Å². The summed E-state index contributed by atoms with van der Waals surface area (Å²) in [4.78, 5) is 18.3. The number of ether oxygens (including phenoxy) is 2. The van der Waals surface area contributed by atoms with Gasteiger partial charge in [0.2, 0.25) is 0 Å². The second-order valence-electron chi connectivity index (χ2n) is 6.11. The first-order valence-electron chi connectivity index (χ1n) is 9.74. The summed E-state index contributed by atoms with van der Waals surface area (Å²) in [6.45, 7) is 11.7. The summed E-state index contributed by atoms with van der Waals surface area (Å²) in [7, 11) is 0. The first-order valence-corrected chi connectivity index (χ1v) is 9.74. The van der Waals surface area contributed by atoms with Crippen LogP contribution in [-0.4, -0.2) is 75.9 Å². The Morgan fingerprint density at radius 1 is 1.12 bits per heavy atom. The highest BCUT2D eigenvalue weighted by molar-refractivity contribution is 14.0. The van der Waals surface area contributed by atoms with Crippen molar-refractivity contribution in [3.63, 3.8) is 0 Å². The molecule has 0 aliphatic carbocycles. The summed E-state index contributed by atoms with van der Waals surface area (Å²) in [6, 6.07) is 0. The van der Waals surface area contributed by atoms with Crippen molar-refractivity contribution in [1.82, 2.24) is 15.5 Å². The Balaban J connectivity index is 0.00000625. The zero-order valence-electron chi connectivity index (χ0n) is 16.4. The molecule has 154 valence electrons. The van der Waals surface area contributed by atoms with E-state index in [1.807, 2.05) is 6.92 Å². The minimum absolute atomic E-state index is 0. The third kappa shape index (κ3) is 13.6. The summed E-state index contributed by atoms with van der Waals surface area (Å²) < 4.78 is 10.3. The van der Waals surface area contributed by atoms with Gasteiger partial charge in [-0.2, -0.15) is 0 Å². The molecule has 7 nitrogen and oxygen atoms in total. The van der Waals surface area contributed by atoms with Crippen molar-refractivity contribution in [1.29, 1.82) is 0 Å². The van der Waals surface area contributed by atoms with Crippen molar-refractivity contribution < 1.29 is 14.3 Å². The van der Waals surface area contributed by atoms with Crippen molar-refractivity contribution in [2.24, 2.45) is 4.99 Å². The number of nitrogens with zero attached hydrogens (tertiary/aromatic N) is 2. The number of hydrogen-bond donors (Lipinski definition) is 2. The van der Waals surface area contributed by atoms with Gasteiger partial charge in [0.15, 0.2) is 5.96 Å². The molecule has 2 N–H and O–H groups in total. The van der Waals surface area contributed by atoms with E-state index in [9.17, 15) is 4.79 Å². The van der Waals surface area contributed by atoms with Crippen LogP contribution in [0.1, 0.15) is 46.0 Å². The van der Waals surface area contributed by atoms with Crippen LogP contribution in [0.4, 0.5) is 0 Å². The lowest BCUT2D eigenvalue weighted by Crippen LogP contribution is -2.44. The molecule has 0 radical (unpaired) electrons. The smallest absolute Gasteiger partial charge is 0.305 e. The lowest BCUT2D eigenvalue weighted by molar-refractivity contribution is -0.143. The minimum atomic E-state index is -0.0839. The number of carbonyl (C=O) groups excluding carboxylic acids is 1. The number of nitrogens with one attached hydrogen (secondary N) is 2. The van der Waals surface area contributed by atoms with E-state index < -0.39 is 0 Å². The molecule has 0 aromatic carbocycles. The molecular weight excluding hydrogens is 447 g/mol. The molecule has 0 aromatic rings. The second kappa shape index (κ2) is 17.8. The van der Waals surface area contributed by atoms with Gasteiger partial charge in [-0.3, -0.25) is 14.7 Å². The molecule has 8 heteroatoms. The molecule has 0 unspecified atom stereocenters.